The Labute approximate surface area is 74.9 Å². The van der Waals surface area contributed by atoms with Crippen molar-refractivity contribution in [3.8, 4) is 0 Å². The van der Waals surface area contributed by atoms with E-state index in [2.05, 4.69) is 12.6 Å². The summed E-state index contributed by atoms with van der Waals surface area (Å²) in [7, 11) is 0. The molecule has 0 aliphatic carbocycles. The van der Waals surface area contributed by atoms with Gasteiger partial charge in [-0.1, -0.05) is 6.07 Å². The van der Waals surface area contributed by atoms with Gasteiger partial charge < -0.3 is 10.2 Å². The first-order valence-corrected chi connectivity index (χ1v) is 4.65. The van der Waals surface area contributed by atoms with Crippen LogP contribution in [0.5, 0.6) is 0 Å². The number of rotatable bonds is 3. The number of thiol groups is 1. The van der Waals surface area contributed by atoms with Gasteiger partial charge in [-0.25, -0.2) is 0 Å². The van der Waals surface area contributed by atoms with Crippen LogP contribution < -0.4 is 0 Å². The Morgan fingerprint density at radius 2 is 2.36 bits per heavy atom. The van der Waals surface area contributed by atoms with Crippen molar-refractivity contribution in [2.24, 2.45) is 0 Å². The van der Waals surface area contributed by atoms with Crippen molar-refractivity contribution in [3.05, 3.63) is 22.4 Å². The van der Waals surface area contributed by atoms with Gasteiger partial charge in [0.15, 0.2) is 0 Å². The van der Waals surface area contributed by atoms with Gasteiger partial charge in [0.25, 0.3) is 0 Å². The van der Waals surface area contributed by atoms with E-state index in [1.165, 1.54) is 11.3 Å². The summed E-state index contributed by atoms with van der Waals surface area (Å²) in [4.78, 5) is 0.981. The Kier molecular flexibility index (Phi) is 3.39. The fourth-order valence-corrected chi connectivity index (χ4v) is 1.88. The second-order valence-electron chi connectivity index (χ2n) is 2.21. The van der Waals surface area contributed by atoms with Gasteiger partial charge in [0.2, 0.25) is 0 Å². The lowest BCUT2D eigenvalue weighted by molar-refractivity contribution is 0.0942. The summed E-state index contributed by atoms with van der Waals surface area (Å²) in [5.41, 5.74) is 0. The third kappa shape index (κ3) is 2.20. The lowest BCUT2D eigenvalue weighted by atomic mass is 10.2. The molecule has 2 unspecified atom stereocenters. The van der Waals surface area contributed by atoms with Crippen LogP contribution >= 0.6 is 24.0 Å². The van der Waals surface area contributed by atoms with Gasteiger partial charge in [0.05, 0.1) is 18.0 Å². The van der Waals surface area contributed by atoms with Gasteiger partial charge in [-0.05, 0) is 11.4 Å². The molecule has 2 atom stereocenters. The fourth-order valence-electron chi connectivity index (χ4n) is 0.749. The van der Waals surface area contributed by atoms with Crippen LogP contribution in [0, 0.1) is 0 Å². The highest BCUT2D eigenvalue weighted by molar-refractivity contribution is 7.80. The van der Waals surface area contributed by atoms with Crippen LogP contribution in [0.3, 0.4) is 0 Å². The molecule has 0 saturated carbocycles. The van der Waals surface area contributed by atoms with E-state index >= 15 is 0 Å². The molecule has 0 amide bonds. The largest absolute Gasteiger partial charge is 0.394 e. The number of aliphatic hydroxyl groups excluding tert-OH is 2. The molecule has 0 aromatic carbocycles. The van der Waals surface area contributed by atoms with Crippen LogP contribution in [0.15, 0.2) is 17.5 Å². The quantitative estimate of drug-likeness (QED) is 0.624. The number of thiophene rings is 1. The molecule has 2 N–H and O–H groups in total. The van der Waals surface area contributed by atoms with Gasteiger partial charge in [-0.3, -0.25) is 0 Å². The van der Waals surface area contributed by atoms with E-state index in [1.54, 1.807) is 0 Å². The highest BCUT2D eigenvalue weighted by Gasteiger charge is 2.16. The third-order valence-corrected chi connectivity index (χ3v) is 3.14. The van der Waals surface area contributed by atoms with E-state index < -0.39 is 6.10 Å². The van der Waals surface area contributed by atoms with E-state index in [-0.39, 0.29) is 11.9 Å². The summed E-state index contributed by atoms with van der Waals surface area (Å²) < 4.78 is 0. The maximum absolute atomic E-state index is 9.18. The number of aliphatic hydroxyl groups is 2. The molecule has 1 rings (SSSR count). The molecule has 0 saturated heterocycles. The number of hydrogen-bond donors (Lipinski definition) is 3. The first-order chi connectivity index (χ1) is 5.25. The smallest absolute Gasteiger partial charge is 0.0935 e. The van der Waals surface area contributed by atoms with Crippen molar-refractivity contribution in [2.75, 3.05) is 6.61 Å². The molecule has 2 nitrogen and oxygen atoms in total. The third-order valence-electron chi connectivity index (χ3n) is 1.39. The molecule has 1 heterocycles. The average molecular weight is 190 g/mol. The first kappa shape index (κ1) is 9.06. The van der Waals surface area contributed by atoms with E-state index in [4.69, 9.17) is 5.11 Å². The molecule has 0 aliphatic heterocycles. The molecule has 1 aromatic rings. The maximum Gasteiger partial charge on any atom is 0.0935 e. The van der Waals surface area contributed by atoms with E-state index in [9.17, 15) is 5.11 Å². The topological polar surface area (TPSA) is 40.5 Å². The molecule has 0 bridgehead atoms. The predicted octanol–water partition coefficient (Wildman–Crippen LogP) is 1.07. The van der Waals surface area contributed by atoms with Crippen molar-refractivity contribution < 1.29 is 10.2 Å². The summed E-state index contributed by atoms with van der Waals surface area (Å²) in [6, 6.07) is 3.79. The first-order valence-electron chi connectivity index (χ1n) is 3.26. The van der Waals surface area contributed by atoms with Crippen molar-refractivity contribution >= 4 is 24.0 Å². The van der Waals surface area contributed by atoms with Crippen molar-refractivity contribution in [1.82, 2.24) is 0 Å². The molecule has 1 aromatic heterocycles. The standard InChI is InChI=1S/C7H10O2S2/c8-4-5(9)7(10)6-2-1-3-11-6/h1-3,5,7-10H,4H2. The Hall–Kier alpha value is -0.0300. The predicted molar refractivity (Wildman–Crippen MR) is 49.1 cm³/mol. The molecule has 11 heavy (non-hydrogen) atoms. The molecule has 0 fully saturated rings. The van der Waals surface area contributed by atoms with E-state index in [1.807, 2.05) is 17.5 Å². The summed E-state index contributed by atoms with van der Waals surface area (Å²) in [5, 5.41) is 19.4. The van der Waals surface area contributed by atoms with Gasteiger partial charge >= 0.3 is 0 Å². The second kappa shape index (κ2) is 4.11. The lowest BCUT2D eigenvalue weighted by Crippen LogP contribution is -2.17. The van der Waals surface area contributed by atoms with Crippen LogP contribution in [-0.2, 0) is 0 Å². The molecule has 0 aliphatic rings. The minimum atomic E-state index is -0.767. The summed E-state index contributed by atoms with van der Waals surface area (Å²) in [5.74, 6) is 0. The van der Waals surface area contributed by atoms with Gasteiger partial charge in [-0.15, -0.1) is 11.3 Å². The van der Waals surface area contributed by atoms with Gasteiger partial charge in [0.1, 0.15) is 0 Å². The molecular weight excluding hydrogens is 180 g/mol. The van der Waals surface area contributed by atoms with Crippen molar-refractivity contribution in [1.29, 1.82) is 0 Å². The Bertz CT molecular complexity index is 198. The van der Waals surface area contributed by atoms with Crippen LogP contribution in [0.2, 0.25) is 0 Å². The summed E-state index contributed by atoms with van der Waals surface area (Å²) in [6.07, 6.45) is -0.767. The Morgan fingerprint density at radius 1 is 1.64 bits per heavy atom. The van der Waals surface area contributed by atoms with Crippen LogP contribution in [-0.4, -0.2) is 22.9 Å². The molecule has 4 heteroatoms. The highest BCUT2D eigenvalue weighted by atomic mass is 32.1. The minimum absolute atomic E-state index is 0.244. The maximum atomic E-state index is 9.18. The Morgan fingerprint density at radius 3 is 2.82 bits per heavy atom. The van der Waals surface area contributed by atoms with Crippen molar-refractivity contribution in [3.63, 3.8) is 0 Å². The van der Waals surface area contributed by atoms with E-state index in [0.717, 1.165) is 4.88 Å². The zero-order valence-corrected chi connectivity index (χ0v) is 7.55. The summed E-state index contributed by atoms with van der Waals surface area (Å²) >= 11 is 5.69. The minimum Gasteiger partial charge on any atom is -0.394 e. The molecule has 0 spiro atoms. The second-order valence-corrected chi connectivity index (χ2v) is 3.75. The molecule has 0 radical (unpaired) electrons. The molecular formula is C7H10O2S2. The van der Waals surface area contributed by atoms with Crippen LogP contribution in [0.1, 0.15) is 10.1 Å². The monoisotopic (exact) mass is 190 g/mol. The van der Waals surface area contributed by atoms with Crippen LogP contribution in [0.4, 0.5) is 0 Å². The van der Waals surface area contributed by atoms with Gasteiger partial charge in [-0.2, -0.15) is 12.6 Å². The SMILES string of the molecule is OCC(O)C(S)c1cccs1. The Balaban J connectivity index is 2.62. The zero-order valence-electron chi connectivity index (χ0n) is 5.84. The van der Waals surface area contributed by atoms with Crippen molar-refractivity contribution in [2.45, 2.75) is 11.4 Å². The van der Waals surface area contributed by atoms with Crippen LogP contribution in [0.25, 0.3) is 0 Å². The highest BCUT2D eigenvalue weighted by Crippen LogP contribution is 2.27. The normalized spacial score (nSPS) is 16.3. The van der Waals surface area contributed by atoms with Gasteiger partial charge in [0, 0.05) is 4.88 Å². The van der Waals surface area contributed by atoms with E-state index in [0.29, 0.717) is 0 Å². The lowest BCUT2D eigenvalue weighted by Gasteiger charge is -2.13. The zero-order chi connectivity index (χ0) is 8.27. The molecule has 62 valence electrons. The fraction of sp³-hybridized carbons (Fsp3) is 0.429. The average Bonchev–Trinajstić information content (AvgIpc) is 2.53. The summed E-state index contributed by atoms with van der Waals surface area (Å²) in [6.45, 7) is -0.244. The number of hydrogen-bond acceptors (Lipinski definition) is 4.